The van der Waals surface area contributed by atoms with E-state index in [1.54, 1.807) is 24.3 Å². The Kier molecular flexibility index (Phi) is 4.10. The first kappa shape index (κ1) is 13.9. The van der Waals surface area contributed by atoms with Crippen LogP contribution in [0.2, 0.25) is 0 Å². The molecule has 104 valence electrons. The van der Waals surface area contributed by atoms with E-state index < -0.39 is 5.97 Å². The summed E-state index contributed by atoms with van der Waals surface area (Å²) in [4.78, 5) is 13.1. The minimum atomic E-state index is -0.911. The molecule has 4 nitrogen and oxygen atoms in total. The molecule has 0 aliphatic carbocycles. The number of likely N-dealkylation sites (tertiary alicyclic amines) is 1. The van der Waals surface area contributed by atoms with Crippen molar-refractivity contribution in [3.8, 4) is 5.75 Å². The van der Waals surface area contributed by atoms with Crippen LogP contribution in [0, 0.1) is 5.41 Å². The molecule has 0 atom stereocenters. The van der Waals surface area contributed by atoms with Crippen molar-refractivity contribution in [3.05, 3.63) is 29.8 Å². The minimum absolute atomic E-state index is 0.286. The van der Waals surface area contributed by atoms with E-state index in [-0.39, 0.29) is 5.56 Å². The van der Waals surface area contributed by atoms with Crippen molar-refractivity contribution < 1.29 is 14.6 Å². The van der Waals surface area contributed by atoms with Gasteiger partial charge in [0.1, 0.15) is 12.4 Å². The van der Waals surface area contributed by atoms with Crippen molar-refractivity contribution >= 4 is 5.97 Å². The average molecular weight is 263 g/mol. The quantitative estimate of drug-likeness (QED) is 0.886. The molecule has 1 aromatic carbocycles. The Hall–Kier alpha value is -1.55. The topological polar surface area (TPSA) is 49.8 Å². The van der Waals surface area contributed by atoms with Gasteiger partial charge in [0.2, 0.25) is 0 Å². The van der Waals surface area contributed by atoms with Crippen molar-refractivity contribution in [2.24, 2.45) is 5.41 Å². The fourth-order valence-corrected chi connectivity index (χ4v) is 2.40. The maximum atomic E-state index is 10.7. The summed E-state index contributed by atoms with van der Waals surface area (Å²) in [6, 6.07) is 6.54. The lowest BCUT2D eigenvalue weighted by atomic mass is 9.93. The second-order valence-corrected chi connectivity index (χ2v) is 5.87. The Morgan fingerprint density at radius 3 is 2.58 bits per heavy atom. The molecule has 0 amide bonds. The van der Waals surface area contributed by atoms with Crippen molar-refractivity contribution in [3.63, 3.8) is 0 Å². The Morgan fingerprint density at radius 2 is 2.05 bits per heavy atom. The van der Waals surface area contributed by atoms with E-state index in [2.05, 4.69) is 18.7 Å². The summed E-state index contributed by atoms with van der Waals surface area (Å²) in [6.45, 7) is 8.40. The molecule has 1 saturated heterocycles. The van der Waals surface area contributed by atoms with Gasteiger partial charge in [-0.1, -0.05) is 13.8 Å². The first-order valence-corrected chi connectivity index (χ1v) is 6.65. The number of ether oxygens (including phenoxy) is 1. The monoisotopic (exact) mass is 263 g/mol. The standard InChI is InChI=1S/C15H21NO3/c1-15(2)7-8-16(11-15)9-10-19-13-5-3-12(4-6-13)14(17)18/h3-6H,7-11H2,1-2H3,(H,17,18). The lowest BCUT2D eigenvalue weighted by Gasteiger charge is -2.19. The van der Waals surface area contributed by atoms with Gasteiger partial charge in [0, 0.05) is 13.1 Å². The Bertz CT molecular complexity index is 439. The summed E-state index contributed by atoms with van der Waals surface area (Å²) in [5.74, 6) is -0.186. The van der Waals surface area contributed by atoms with Crippen LogP contribution < -0.4 is 4.74 Å². The SMILES string of the molecule is CC1(C)CCN(CCOc2ccc(C(=O)O)cc2)C1. The minimum Gasteiger partial charge on any atom is -0.492 e. The highest BCUT2D eigenvalue weighted by atomic mass is 16.5. The molecule has 0 radical (unpaired) electrons. The van der Waals surface area contributed by atoms with Crippen molar-refractivity contribution in [1.29, 1.82) is 0 Å². The van der Waals surface area contributed by atoms with E-state index >= 15 is 0 Å². The molecule has 2 rings (SSSR count). The van der Waals surface area contributed by atoms with Crippen LogP contribution in [0.25, 0.3) is 0 Å². The molecule has 1 aliphatic heterocycles. The third-order valence-corrected chi connectivity index (χ3v) is 3.53. The van der Waals surface area contributed by atoms with E-state index in [1.165, 1.54) is 6.42 Å². The molecule has 19 heavy (non-hydrogen) atoms. The molecule has 4 heteroatoms. The van der Waals surface area contributed by atoms with Crippen LogP contribution in [0.3, 0.4) is 0 Å². The lowest BCUT2D eigenvalue weighted by molar-refractivity contribution is 0.0697. The Morgan fingerprint density at radius 1 is 1.37 bits per heavy atom. The third kappa shape index (κ3) is 3.96. The predicted octanol–water partition coefficient (Wildman–Crippen LogP) is 2.50. The van der Waals surface area contributed by atoms with E-state index in [9.17, 15) is 4.79 Å². The van der Waals surface area contributed by atoms with Crippen LogP contribution in [-0.4, -0.2) is 42.2 Å². The first-order chi connectivity index (χ1) is 8.96. The number of hydrogen-bond acceptors (Lipinski definition) is 3. The molecule has 1 heterocycles. The number of carbonyl (C=O) groups is 1. The van der Waals surface area contributed by atoms with Gasteiger partial charge in [0.05, 0.1) is 5.56 Å². The molecule has 0 spiro atoms. The summed E-state index contributed by atoms with van der Waals surface area (Å²) in [5, 5.41) is 8.80. The molecule has 0 unspecified atom stereocenters. The van der Waals surface area contributed by atoms with Crippen molar-refractivity contribution in [2.75, 3.05) is 26.2 Å². The van der Waals surface area contributed by atoms with Crippen LogP contribution in [0.4, 0.5) is 0 Å². The maximum absolute atomic E-state index is 10.7. The second-order valence-electron chi connectivity index (χ2n) is 5.87. The highest BCUT2D eigenvalue weighted by Gasteiger charge is 2.28. The smallest absolute Gasteiger partial charge is 0.335 e. The zero-order valence-corrected chi connectivity index (χ0v) is 11.6. The van der Waals surface area contributed by atoms with Crippen LogP contribution >= 0.6 is 0 Å². The number of rotatable bonds is 5. The van der Waals surface area contributed by atoms with Gasteiger partial charge in [-0.25, -0.2) is 4.79 Å². The number of benzene rings is 1. The van der Waals surface area contributed by atoms with Gasteiger partial charge in [-0.3, -0.25) is 4.90 Å². The summed E-state index contributed by atoms with van der Waals surface area (Å²) in [6.07, 6.45) is 1.24. The van der Waals surface area contributed by atoms with Crippen LogP contribution in [0.5, 0.6) is 5.75 Å². The average Bonchev–Trinajstić information content (AvgIpc) is 2.69. The summed E-state index contributed by atoms with van der Waals surface area (Å²) < 4.78 is 5.64. The fourth-order valence-electron chi connectivity index (χ4n) is 2.40. The normalized spacial score (nSPS) is 18.4. The lowest BCUT2D eigenvalue weighted by Crippen LogP contribution is -2.27. The number of carboxylic acids is 1. The molecule has 0 bridgehead atoms. The van der Waals surface area contributed by atoms with E-state index in [1.807, 2.05) is 0 Å². The first-order valence-electron chi connectivity index (χ1n) is 6.65. The van der Waals surface area contributed by atoms with E-state index in [4.69, 9.17) is 9.84 Å². The van der Waals surface area contributed by atoms with Crippen LogP contribution in [-0.2, 0) is 0 Å². The summed E-state index contributed by atoms with van der Waals surface area (Å²) in [5.41, 5.74) is 0.706. The van der Waals surface area contributed by atoms with Gasteiger partial charge in [-0.05, 0) is 42.6 Å². The highest BCUT2D eigenvalue weighted by Crippen LogP contribution is 2.28. The van der Waals surface area contributed by atoms with Crippen molar-refractivity contribution in [2.45, 2.75) is 20.3 Å². The molecule has 1 aromatic rings. The second kappa shape index (κ2) is 5.61. The summed E-state index contributed by atoms with van der Waals surface area (Å²) in [7, 11) is 0. The number of nitrogens with zero attached hydrogens (tertiary/aromatic N) is 1. The summed E-state index contributed by atoms with van der Waals surface area (Å²) >= 11 is 0. The number of carboxylic acid groups (broad SMARTS) is 1. The molecular formula is C15H21NO3. The number of aromatic carboxylic acids is 1. The largest absolute Gasteiger partial charge is 0.492 e. The van der Waals surface area contributed by atoms with Gasteiger partial charge in [0.25, 0.3) is 0 Å². The van der Waals surface area contributed by atoms with Gasteiger partial charge in [-0.15, -0.1) is 0 Å². The van der Waals surface area contributed by atoms with Gasteiger partial charge in [-0.2, -0.15) is 0 Å². The fraction of sp³-hybridized carbons (Fsp3) is 0.533. The Labute approximate surface area is 114 Å². The zero-order valence-electron chi connectivity index (χ0n) is 11.6. The van der Waals surface area contributed by atoms with E-state index in [0.717, 1.165) is 25.4 Å². The highest BCUT2D eigenvalue weighted by molar-refractivity contribution is 5.87. The molecule has 0 saturated carbocycles. The molecule has 1 aliphatic rings. The van der Waals surface area contributed by atoms with Gasteiger partial charge in [0.15, 0.2) is 0 Å². The number of hydrogen-bond donors (Lipinski definition) is 1. The predicted molar refractivity (Wildman–Crippen MR) is 73.7 cm³/mol. The molecular weight excluding hydrogens is 242 g/mol. The Balaban J connectivity index is 1.75. The van der Waals surface area contributed by atoms with Gasteiger partial charge >= 0.3 is 5.97 Å². The zero-order chi connectivity index (χ0) is 13.9. The third-order valence-electron chi connectivity index (χ3n) is 3.53. The molecule has 1 fully saturated rings. The molecule has 0 aromatic heterocycles. The van der Waals surface area contributed by atoms with E-state index in [0.29, 0.717) is 12.0 Å². The molecule has 1 N–H and O–H groups in total. The van der Waals surface area contributed by atoms with Gasteiger partial charge < -0.3 is 9.84 Å². The maximum Gasteiger partial charge on any atom is 0.335 e. The van der Waals surface area contributed by atoms with Crippen LogP contribution in [0.15, 0.2) is 24.3 Å². The van der Waals surface area contributed by atoms with Crippen molar-refractivity contribution in [1.82, 2.24) is 4.90 Å². The van der Waals surface area contributed by atoms with Crippen LogP contribution in [0.1, 0.15) is 30.6 Å².